The zero-order valence-corrected chi connectivity index (χ0v) is 15.4. The molecule has 3 atom stereocenters. The van der Waals surface area contributed by atoms with Crippen molar-refractivity contribution < 1.29 is 8.42 Å². The van der Waals surface area contributed by atoms with Crippen molar-refractivity contribution >= 4 is 9.84 Å². The van der Waals surface area contributed by atoms with Crippen molar-refractivity contribution in [2.75, 3.05) is 32.9 Å². The highest BCUT2D eigenvalue weighted by molar-refractivity contribution is 7.92. The van der Waals surface area contributed by atoms with Gasteiger partial charge in [0.2, 0.25) is 0 Å². The molecule has 2 aromatic rings. The van der Waals surface area contributed by atoms with E-state index < -0.39 is 9.84 Å². The van der Waals surface area contributed by atoms with Crippen molar-refractivity contribution in [1.29, 1.82) is 0 Å². The summed E-state index contributed by atoms with van der Waals surface area (Å²) in [6.07, 6.45) is 5.46. The average Bonchev–Trinajstić information content (AvgIpc) is 3.26. The van der Waals surface area contributed by atoms with Crippen LogP contribution in [0.15, 0.2) is 43.0 Å². The van der Waals surface area contributed by atoms with E-state index in [1.54, 1.807) is 12.5 Å². The normalized spacial score (nSPS) is 28.5. The van der Waals surface area contributed by atoms with Gasteiger partial charge in [0.1, 0.15) is 0 Å². The third-order valence-electron chi connectivity index (χ3n) is 5.55. The molecule has 0 unspecified atom stereocenters. The van der Waals surface area contributed by atoms with Gasteiger partial charge in [-0.05, 0) is 31.8 Å². The molecule has 6 nitrogen and oxygen atoms in total. The Morgan fingerprint density at radius 3 is 2.60 bits per heavy atom. The maximum absolute atomic E-state index is 12.5. The lowest BCUT2D eigenvalue weighted by Gasteiger charge is -2.25. The van der Waals surface area contributed by atoms with Gasteiger partial charge in [0.05, 0.1) is 17.3 Å². The van der Waals surface area contributed by atoms with E-state index in [0.29, 0.717) is 12.3 Å². The van der Waals surface area contributed by atoms with Gasteiger partial charge in [-0.3, -0.25) is 4.90 Å². The third-order valence-corrected chi connectivity index (χ3v) is 7.78. The van der Waals surface area contributed by atoms with Gasteiger partial charge in [-0.15, -0.1) is 0 Å². The number of hydrogen-bond acceptors (Lipinski definition) is 5. The SMILES string of the molecule is CN(C)[C@@H]1CS(=O)(=O)[C@H]2CN(Cc3ccc(-n4ccnc4)cc3)C[C@@H]12. The maximum atomic E-state index is 12.5. The summed E-state index contributed by atoms with van der Waals surface area (Å²) < 4.78 is 26.9. The first-order valence-corrected chi connectivity index (χ1v) is 10.3. The van der Waals surface area contributed by atoms with E-state index in [0.717, 1.165) is 18.8 Å². The lowest BCUT2D eigenvalue weighted by molar-refractivity contribution is 0.229. The van der Waals surface area contributed by atoms with Crippen molar-refractivity contribution in [1.82, 2.24) is 19.4 Å². The molecule has 1 aromatic heterocycles. The van der Waals surface area contributed by atoms with Crippen molar-refractivity contribution in [3.05, 3.63) is 48.5 Å². The van der Waals surface area contributed by atoms with Crippen LogP contribution in [0.4, 0.5) is 0 Å². The second-order valence-electron chi connectivity index (χ2n) is 7.39. The lowest BCUT2D eigenvalue weighted by atomic mass is 10.00. The number of nitrogens with zero attached hydrogens (tertiary/aromatic N) is 4. The molecule has 2 saturated heterocycles. The Bertz CT molecular complexity index is 830. The summed E-state index contributed by atoms with van der Waals surface area (Å²) >= 11 is 0. The first-order chi connectivity index (χ1) is 11.9. The first kappa shape index (κ1) is 16.8. The second-order valence-corrected chi connectivity index (χ2v) is 9.66. The molecule has 0 bridgehead atoms. The molecule has 0 radical (unpaired) electrons. The fourth-order valence-electron chi connectivity index (χ4n) is 4.22. The topological polar surface area (TPSA) is 58.4 Å². The third kappa shape index (κ3) is 3.12. The Hall–Kier alpha value is -1.70. The Kier molecular flexibility index (Phi) is 4.17. The molecule has 0 amide bonds. The molecule has 0 saturated carbocycles. The summed E-state index contributed by atoms with van der Waals surface area (Å²) in [5.41, 5.74) is 2.29. The number of benzene rings is 1. The summed E-state index contributed by atoms with van der Waals surface area (Å²) in [4.78, 5) is 8.43. The van der Waals surface area contributed by atoms with E-state index in [9.17, 15) is 8.42 Å². The monoisotopic (exact) mass is 360 g/mol. The molecule has 2 aliphatic heterocycles. The number of hydrogen-bond donors (Lipinski definition) is 0. The molecule has 2 fully saturated rings. The predicted molar refractivity (Wildman–Crippen MR) is 97.4 cm³/mol. The second kappa shape index (κ2) is 6.23. The zero-order chi connectivity index (χ0) is 17.6. The van der Waals surface area contributed by atoms with E-state index in [1.165, 1.54) is 5.56 Å². The van der Waals surface area contributed by atoms with Gasteiger partial charge in [-0.2, -0.15) is 0 Å². The van der Waals surface area contributed by atoms with E-state index in [1.807, 2.05) is 24.9 Å². The highest BCUT2D eigenvalue weighted by Crippen LogP contribution is 2.36. The lowest BCUT2D eigenvalue weighted by Crippen LogP contribution is -2.37. The summed E-state index contributed by atoms with van der Waals surface area (Å²) in [6, 6.07) is 8.52. The number of imidazole rings is 1. The molecule has 0 spiro atoms. The van der Waals surface area contributed by atoms with Crippen LogP contribution in [0.2, 0.25) is 0 Å². The minimum Gasteiger partial charge on any atom is -0.306 e. The van der Waals surface area contributed by atoms with Gasteiger partial charge in [0.25, 0.3) is 0 Å². The largest absolute Gasteiger partial charge is 0.306 e. The molecule has 4 rings (SSSR count). The number of aromatic nitrogens is 2. The Balaban J connectivity index is 1.46. The molecule has 1 aromatic carbocycles. The predicted octanol–water partition coefficient (Wildman–Crippen LogP) is 1.03. The highest BCUT2D eigenvalue weighted by Gasteiger charge is 2.52. The zero-order valence-electron chi connectivity index (χ0n) is 14.6. The van der Waals surface area contributed by atoms with Crippen LogP contribution in [0.3, 0.4) is 0 Å². The van der Waals surface area contributed by atoms with Gasteiger partial charge in [0, 0.05) is 49.7 Å². The van der Waals surface area contributed by atoms with Crippen molar-refractivity contribution in [2.24, 2.45) is 5.92 Å². The smallest absolute Gasteiger partial charge is 0.156 e. The van der Waals surface area contributed by atoms with Crippen LogP contribution in [-0.4, -0.2) is 72.0 Å². The molecule has 2 aliphatic rings. The molecule has 134 valence electrons. The maximum Gasteiger partial charge on any atom is 0.156 e. The van der Waals surface area contributed by atoms with E-state index in [-0.39, 0.29) is 17.2 Å². The van der Waals surface area contributed by atoms with Crippen molar-refractivity contribution in [3.63, 3.8) is 0 Å². The highest BCUT2D eigenvalue weighted by atomic mass is 32.2. The van der Waals surface area contributed by atoms with Gasteiger partial charge in [-0.1, -0.05) is 12.1 Å². The standard InChI is InChI=1S/C18H24N4O2S/c1-20(2)17-12-25(23,24)18-11-21(10-16(17)18)9-14-3-5-15(6-4-14)22-8-7-19-13-22/h3-8,13,16-18H,9-12H2,1-2H3/t16-,17+,18-/m0/s1. The van der Waals surface area contributed by atoms with Crippen molar-refractivity contribution in [2.45, 2.75) is 17.8 Å². The van der Waals surface area contributed by atoms with Crippen LogP contribution in [0.5, 0.6) is 0 Å². The number of likely N-dealkylation sites (tertiary alicyclic amines) is 1. The fourth-order valence-corrected chi connectivity index (χ4v) is 6.73. The van der Waals surface area contributed by atoms with Crippen LogP contribution in [-0.2, 0) is 16.4 Å². The molecule has 7 heteroatoms. The molecular formula is C18H24N4O2S. The summed E-state index contributed by atoms with van der Waals surface area (Å²) in [7, 11) is 0.999. The van der Waals surface area contributed by atoms with Crippen LogP contribution in [0.1, 0.15) is 5.56 Å². The summed E-state index contributed by atoms with van der Waals surface area (Å²) in [6.45, 7) is 2.31. The van der Waals surface area contributed by atoms with E-state index in [2.05, 4.69) is 39.0 Å². The van der Waals surface area contributed by atoms with Gasteiger partial charge in [-0.25, -0.2) is 13.4 Å². The van der Waals surface area contributed by atoms with Crippen molar-refractivity contribution in [3.8, 4) is 5.69 Å². The van der Waals surface area contributed by atoms with Gasteiger partial charge >= 0.3 is 0 Å². The van der Waals surface area contributed by atoms with Crippen LogP contribution >= 0.6 is 0 Å². The molecule has 3 heterocycles. The Labute approximate surface area is 149 Å². The molecule has 25 heavy (non-hydrogen) atoms. The molecule has 0 aliphatic carbocycles. The minimum absolute atomic E-state index is 0.142. The average molecular weight is 360 g/mol. The van der Waals surface area contributed by atoms with Crippen LogP contribution in [0, 0.1) is 5.92 Å². The summed E-state index contributed by atoms with van der Waals surface area (Å²) in [5, 5.41) is -0.204. The number of sulfone groups is 1. The molecular weight excluding hydrogens is 336 g/mol. The van der Waals surface area contributed by atoms with Crippen LogP contribution in [0.25, 0.3) is 5.69 Å². The summed E-state index contributed by atoms with van der Waals surface area (Å²) in [5.74, 6) is 0.535. The molecule has 0 N–H and O–H groups in total. The Morgan fingerprint density at radius 2 is 1.96 bits per heavy atom. The van der Waals surface area contributed by atoms with E-state index >= 15 is 0 Å². The van der Waals surface area contributed by atoms with Gasteiger partial charge in [0.15, 0.2) is 9.84 Å². The quantitative estimate of drug-likeness (QED) is 0.815. The van der Waals surface area contributed by atoms with Crippen LogP contribution < -0.4 is 0 Å². The number of rotatable bonds is 4. The van der Waals surface area contributed by atoms with E-state index in [4.69, 9.17) is 0 Å². The number of fused-ring (bicyclic) bond motifs is 1. The minimum atomic E-state index is -2.97. The van der Waals surface area contributed by atoms with Gasteiger partial charge < -0.3 is 9.47 Å². The first-order valence-electron chi connectivity index (χ1n) is 8.62. The fraction of sp³-hybridized carbons (Fsp3) is 0.500. The Morgan fingerprint density at radius 1 is 1.20 bits per heavy atom.